The maximum atomic E-state index is 5.60. The molecule has 3 nitrogen and oxygen atoms in total. The summed E-state index contributed by atoms with van der Waals surface area (Å²) in [5, 5.41) is 4.54. The van der Waals surface area contributed by atoms with Crippen molar-refractivity contribution in [2.75, 3.05) is 0 Å². The van der Waals surface area contributed by atoms with Gasteiger partial charge >= 0.3 is 0 Å². The van der Waals surface area contributed by atoms with Crippen LogP contribution in [0.5, 0.6) is 0 Å². The maximum absolute atomic E-state index is 5.60. The summed E-state index contributed by atoms with van der Waals surface area (Å²) >= 11 is 0. The van der Waals surface area contributed by atoms with Crippen molar-refractivity contribution < 1.29 is 0 Å². The summed E-state index contributed by atoms with van der Waals surface area (Å²) in [5.41, 5.74) is 8.11. The molecule has 0 bridgehead atoms. The van der Waals surface area contributed by atoms with Crippen molar-refractivity contribution in [1.29, 1.82) is 0 Å². The Morgan fingerprint density at radius 3 is 2.69 bits per heavy atom. The molecule has 0 radical (unpaired) electrons. The van der Waals surface area contributed by atoms with Gasteiger partial charge in [-0.1, -0.05) is 0 Å². The SMILES string of the molecule is NCc1cc(C2CC2)n(C2CC2)n1. The number of hydrogen-bond donors (Lipinski definition) is 1. The molecule has 0 aromatic carbocycles. The minimum absolute atomic E-state index is 0.583. The summed E-state index contributed by atoms with van der Waals surface area (Å²) < 4.78 is 2.24. The number of nitrogens with zero attached hydrogens (tertiary/aromatic N) is 2. The van der Waals surface area contributed by atoms with Crippen LogP contribution < -0.4 is 5.73 Å². The minimum atomic E-state index is 0.583. The van der Waals surface area contributed by atoms with Crippen molar-refractivity contribution in [3.63, 3.8) is 0 Å². The number of hydrogen-bond acceptors (Lipinski definition) is 2. The van der Waals surface area contributed by atoms with E-state index >= 15 is 0 Å². The highest BCUT2D eigenvalue weighted by atomic mass is 15.3. The minimum Gasteiger partial charge on any atom is -0.325 e. The quantitative estimate of drug-likeness (QED) is 0.761. The largest absolute Gasteiger partial charge is 0.325 e. The second-order valence-electron chi connectivity index (χ2n) is 4.21. The molecule has 2 saturated carbocycles. The summed E-state index contributed by atoms with van der Waals surface area (Å²) in [6.45, 7) is 0.583. The van der Waals surface area contributed by atoms with Crippen LogP contribution in [0, 0.1) is 0 Å². The van der Waals surface area contributed by atoms with Gasteiger partial charge in [-0.05, 0) is 31.7 Å². The first kappa shape index (κ1) is 7.56. The lowest BCUT2D eigenvalue weighted by Crippen LogP contribution is -2.02. The van der Waals surface area contributed by atoms with Crippen molar-refractivity contribution >= 4 is 0 Å². The molecule has 0 spiro atoms. The monoisotopic (exact) mass is 177 g/mol. The molecule has 3 heteroatoms. The van der Waals surface area contributed by atoms with E-state index in [2.05, 4.69) is 15.8 Å². The topological polar surface area (TPSA) is 43.8 Å². The molecule has 0 amide bonds. The van der Waals surface area contributed by atoms with Gasteiger partial charge in [0, 0.05) is 18.2 Å². The van der Waals surface area contributed by atoms with Crippen LogP contribution in [0.4, 0.5) is 0 Å². The Morgan fingerprint density at radius 1 is 1.38 bits per heavy atom. The second kappa shape index (κ2) is 2.58. The predicted molar refractivity (Wildman–Crippen MR) is 50.4 cm³/mol. The molecule has 0 atom stereocenters. The highest BCUT2D eigenvalue weighted by molar-refractivity contribution is 5.20. The van der Waals surface area contributed by atoms with Gasteiger partial charge in [0.25, 0.3) is 0 Å². The fourth-order valence-corrected chi connectivity index (χ4v) is 1.86. The molecule has 1 aromatic rings. The normalized spacial score (nSPS) is 22.2. The van der Waals surface area contributed by atoms with Crippen LogP contribution in [-0.2, 0) is 6.54 Å². The summed E-state index contributed by atoms with van der Waals surface area (Å²) in [6, 6.07) is 2.91. The van der Waals surface area contributed by atoms with Gasteiger partial charge in [0.05, 0.1) is 11.7 Å². The molecular weight excluding hydrogens is 162 g/mol. The van der Waals surface area contributed by atoms with E-state index in [9.17, 15) is 0 Å². The maximum Gasteiger partial charge on any atom is 0.0763 e. The average molecular weight is 177 g/mol. The van der Waals surface area contributed by atoms with Crippen molar-refractivity contribution in [2.45, 2.75) is 44.2 Å². The van der Waals surface area contributed by atoms with E-state index in [0.717, 1.165) is 11.6 Å². The van der Waals surface area contributed by atoms with Crippen LogP contribution >= 0.6 is 0 Å². The average Bonchev–Trinajstić information content (AvgIpc) is 3.02. The van der Waals surface area contributed by atoms with Crippen LogP contribution in [0.15, 0.2) is 6.07 Å². The summed E-state index contributed by atoms with van der Waals surface area (Å²) in [6.07, 6.45) is 5.32. The molecule has 2 aliphatic carbocycles. The zero-order chi connectivity index (χ0) is 8.84. The molecule has 13 heavy (non-hydrogen) atoms. The van der Waals surface area contributed by atoms with E-state index < -0.39 is 0 Å². The highest BCUT2D eigenvalue weighted by Crippen LogP contribution is 2.44. The molecule has 2 aliphatic rings. The molecule has 2 N–H and O–H groups in total. The summed E-state index contributed by atoms with van der Waals surface area (Å²) in [7, 11) is 0. The van der Waals surface area contributed by atoms with E-state index in [-0.39, 0.29) is 0 Å². The van der Waals surface area contributed by atoms with Crippen LogP contribution in [-0.4, -0.2) is 9.78 Å². The van der Waals surface area contributed by atoms with Crippen LogP contribution in [0.1, 0.15) is 49.0 Å². The summed E-state index contributed by atoms with van der Waals surface area (Å²) in [5.74, 6) is 0.799. The first-order chi connectivity index (χ1) is 6.38. The molecule has 2 fully saturated rings. The van der Waals surface area contributed by atoms with Gasteiger partial charge < -0.3 is 5.73 Å². The molecule has 0 unspecified atom stereocenters. The Hall–Kier alpha value is -0.830. The lowest BCUT2D eigenvalue weighted by Gasteiger charge is -2.02. The first-order valence-corrected chi connectivity index (χ1v) is 5.17. The van der Waals surface area contributed by atoms with Crippen LogP contribution in [0.25, 0.3) is 0 Å². The third-order valence-electron chi connectivity index (χ3n) is 2.91. The van der Waals surface area contributed by atoms with Crippen molar-refractivity contribution in [3.8, 4) is 0 Å². The van der Waals surface area contributed by atoms with Gasteiger partial charge in [0.15, 0.2) is 0 Å². The Labute approximate surface area is 77.9 Å². The molecule has 3 rings (SSSR count). The third-order valence-corrected chi connectivity index (χ3v) is 2.91. The van der Waals surface area contributed by atoms with Crippen molar-refractivity contribution in [3.05, 3.63) is 17.5 Å². The molecule has 0 saturated heterocycles. The van der Waals surface area contributed by atoms with Crippen molar-refractivity contribution in [2.24, 2.45) is 5.73 Å². The summed E-state index contributed by atoms with van der Waals surface area (Å²) in [4.78, 5) is 0. The zero-order valence-electron chi connectivity index (χ0n) is 7.74. The van der Waals surface area contributed by atoms with Gasteiger partial charge in [-0.25, -0.2) is 0 Å². The Bertz CT molecular complexity index is 291. The lowest BCUT2D eigenvalue weighted by molar-refractivity contribution is 0.598. The lowest BCUT2D eigenvalue weighted by atomic mass is 10.2. The van der Waals surface area contributed by atoms with E-state index in [1.54, 1.807) is 0 Å². The van der Waals surface area contributed by atoms with Crippen molar-refractivity contribution in [1.82, 2.24) is 9.78 Å². The molecule has 70 valence electrons. The molecule has 0 aliphatic heterocycles. The zero-order valence-corrected chi connectivity index (χ0v) is 7.74. The van der Waals surface area contributed by atoms with E-state index in [1.165, 1.54) is 31.4 Å². The van der Waals surface area contributed by atoms with Crippen LogP contribution in [0.3, 0.4) is 0 Å². The second-order valence-corrected chi connectivity index (χ2v) is 4.21. The fourth-order valence-electron chi connectivity index (χ4n) is 1.86. The van der Waals surface area contributed by atoms with Gasteiger partial charge in [0.1, 0.15) is 0 Å². The smallest absolute Gasteiger partial charge is 0.0763 e. The Morgan fingerprint density at radius 2 is 2.15 bits per heavy atom. The van der Waals surface area contributed by atoms with Crippen LogP contribution in [0.2, 0.25) is 0 Å². The van der Waals surface area contributed by atoms with E-state index in [0.29, 0.717) is 12.6 Å². The Kier molecular flexibility index (Phi) is 1.50. The highest BCUT2D eigenvalue weighted by Gasteiger charge is 2.33. The van der Waals surface area contributed by atoms with Gasteiger partial charge in [-0.3, -0.25) is 4.68 Å². The number of rotatable bonds is 3. The first-order valence-electron chi connectivity index (χ1n) is 5.17. The van der Waals surface area contributed by atoms with Gasteiger partial charge in [0.2, 0.25) is 0 Å². The number of nitrogens with two attached hydrogens (primary N) is 1. The Balaban J connectivity index is 1.97. The fraction of sp³-hybridized carbons (Fsp3) is 0.700. The molecular formula is C10H15N3. The van der Waals surface area contributed by atoms with E-state index in [4.69, 9.17) is 5.73 Å². The molecule has 1 heterocycles. The van der Waals surface area contributed by atoms with Gasteiger partial charge in [-0.2, -0.15) is 5.10 Å². The number of aromatic nitrogens is 2. The molecule has 1 aromatic heterocycles. The van der Waals surface area contributed by atoms with Gasteiger partial charge in [-0.15, -0.1) is 0 Å². The third kappa shape index (κ3) is 1.27. The predicted octanol–water partition coefficient (Wildman–Crippen LogP) is 1.55. The standard InChI is InChI=1S/C10H15N3/c11-6-8-5-10(7-1-2-7)13(12-8)9-3-4-9/h5,7,9H,1-4,6,11H2. The van der Waals surface area contributed by atoms with E-state index in [1.807, 2.05) is 0 Å².